The lowest BCUT2D eigenvalue weighted by molar-refractivity contribution is -0.315. The summed E-state index contributed by atoms with van der Waals surface area (Å²) in [7, 11) is 0. The van der Waals surface area contributed by atoms with Crippen LogP contribution in [0.15, 0.2) is 0 Å². The van der Waals surface area contributed by atoms with Crippen LogP contribution in [0.3, 0.4) is 0 Å². The minimum absolute atomic E-state index is 0.0697. The standard InChI is InChI=1S/C10H22O5/c11-8-4-6-9(12)5-2-1-3-7-10(13,14)15/h9,11-15H,1-8H2. The molecular formula is C10H22O5. The molecule has 0 aliphatic heterocycles. The van der Waals surface area contributed by atoms with Crippen LogP contribution >= 0.6 is 0 Å². The van der Waals surface area contributed by atoms with Gasteiger partial charge in [-0.05, 0) is 25.7 Å². The van der Waals surface area contributed by atoms with E-state index in [-0.39, 0.29) is 19.1 Å². The molecule has 92 valence electrons. The molecule has 1 atom stereocenters. The van der Waals surface area contributed by atoms with E-state index in [1.165, 1.54) is 0 Å². The molecule has 0 amide bonds. The number of hydrogen-bond donors (Lipinski definition) is 5. The molecule has 0 aromatic heterocycles. The van der Waals surface area contributed by atoms with Crippen molar-refractivity contribution >= 4 is 0 Å². The van der Waals surface area contributed by atoms with Crippen LogP contribution in [0.4, 0.5) is 0 Å². The SMILES string of the molecule is OCCCC(O)CCCCCC(O)(O)O. The second-order valence-corrected chi connectivity index (χ2v) is 3.89. The van der Waals surface area contributed by atoms with Gasteiger partial charge in [-0.3, -0.25) is 0 Å². The number of aliphatic hydroxyl groups is 5. The van der Waals surface area contributed by atoms with Crippen molar-refractivity contribution in [1.29, 1.82) is 0 Å². The van der Waals surface area contributed by atoms with Crippen molar-refractivity contribution in [1.82, 2.24) is 0 Å². The fourth-order valence-electron chi connectivity index (χ4n) is 1.39. The van der Waals surface area contributed by atoms with Gasteiger partial charge in [0, 0.05) is 13.0 Å². The van der Waals surface area contributed by atoms with Crippen LogP contribution in [-0.2, 0) is 0 Å². The average molecular weight is 222 g/mol. The van der Waals surface area contributed by atoms with Crippen molar-refractivity contribution in [2.75, 3.05) is 6.61 Å². The second-order valence-electron chi connectivity index (χ2n) is 3.89. The Bertz CT molecular complexity index is 143. The minimum Gasteiger partial charge on any atom is -0.396 e. The molecule has 0 radical (unpaired) electrons. The number of aliphatic hydroxyl groups excluding tert-OH is 2. The van der Waals surface area contributed by atoms with E-state index in [1.54, 1.807) is 0 Å². The summed E-state index contributed by atoms with van der Waals surface area (Å²) in [5, 5.41) is 43.6. The number of rotatable bonds is 9. The van der Waals surface area contributed by atoms with Gasteiger partial charge in [-0.1, -0.05) is 12.8 Å². The van der Waals surface area contributed by atoms with Crippen molar-refractivity contribution in [2.45, 2.75) is 57.0 Å². The highest BCUT2D eigenvalue weighted by molar-refractivity contribution is 4.57. The van der Waals surface area contributed by atoms with E-state index in [2.05, 4.69) is 0 Å². The van der Waals surface area contributed by atoms with Crippen LogP contribution in [-0.4, -0.2) is 44.2 Å². The predicted octanol–water partition coefficient (Wildman–Crippen LogP) is -0.299. The summed E-state index contributed by atoms with van der Waals surface area (Å²) >= 11 is 0. The van der Waals surface area contributed by atoms with Crippen molar-refractivity contribution < 1.29 is 25.5 Å². The number of hydrogen-bond acceptors (Lipinski definition) is 5. The Morgan fingerprint density at radius 1 is 0.867 bits per heavy atom. The Morgan fingerprint density at radius 2 is 1.47 bits per heavy atom. The van der Waals surface area contributed by atoms with Crippen molar-refractivity contribution in [3.63, 3.8) is 0 Å². The summed E-state index contributed by atoms with van der Waals surface area (Å²) in [6.45, 7) is 0.0963. The van der Waals surface area contributed by atoms with Gasteiger partial charge in [-0.25, -0.2) is 0 Å². The molecule has 0 bridgehead atoms. The smallest absolute Gasteiger partial charge is 0.275 e. The molecule has 0 aliphatic carbocycles. The Morgan fingerprint density at radius 3 is 2.00 bits per heavy atom. The molecule has 0 rings (SSSR count). The van der Waals surface area contributed by atoms with Crippen LogP contribution in [0.1, 0.15) is 44.9 Å². The quantitative estimate of drug-likeness (QED) is 0.272. The molecule has 5 heteroatoms. The van der Waals surface area contributed by atoms with E-state index in [0.29, 0.717) is 25.7 Å². The van der Waals surface area contributed by atoms with Crippen LogP contribution in [0.5, 0.6) is 0 Å². The average Bonchev–Trinajstić information content (AvgIpc) is 2.12. The summed E-state index contributed by atoms with van der Waals surface area (Å²) < 4.78 is 0. The molecule has 0 saturated heterocycles. The Labute approximate surface area is 90.0 Å². The topological polar surface area (TPSA) is 101 Å². The molecule has 1 unspecified atom stereocenters. The lowest BCUT2D eigenvalue weighted by Gasteiger charge is -2.13. The summed E-state index contributed by atoms with van der Waals surface area (Å²) in [4.78, 5) is 0. The third-order valence-corrected chi connectivity index (χ3v) is 2.24. The predicted molar refractivity (Wildman–Crippen MR) is 54.8 cm³/mol. The zero-order valence-electron chi connectivity index (χ0n) is 8.97. The van der Waals surface area contributed by atoms with E-state index in [0.717, 1.165) is 12.8 Å². The highest BCUT2D eigenvalue weighted by Crippen LogP contribution is 2.12. The molecule has 0 fully saturated rings. The maximum atomic E-state index is 9.38. The Hall–Kier alpha value is -0.200. The normalized spacial score (nSPS) is 14.2. The summed E-state index contributed by atoms with van der Waals surface area (Å²) in [5.74, 6) is -2.56. The first kappa shape index (κ1) is 14.8. The lowest BCUT2D eigenvalue weighted by atomic mass is 10.1. The van der Waals surface area contributed by atoms with E-state index >= 15 is 0 Å². The highest BCUT2D eigenvalue weighted by Gasteiger charge is 2.16. The van der Waals surface area contributed by atoms with E-state index in [1.807, 2.05) is 0 Å². The fourth-order valence-corrected chi connectivity index (χ4v) is 1.39. The molecule has 15 heavy (non-hydrogen) atoms. The van der Waals surface area contributed by atoms with Gasteiger partial charge in [0.2, 0.25) is 0 Å². The van der Waals surface area contributed by atoms with E-state index in [4.69, 9.17) is 20.4 Å². The molecule has 0 saturated carbocycles. The maximum Gasteiger partial charge on any atom is 0.275 e. The van der Waals surface area contributed by atoms with Gasteiger partial charge in [0.05, 0.1) is 6.10 Å². The van der Waals surface area contributed by atoms with Gasteiger partial charge in [0.15, 0.2) is 0 Å². The Balaban J connectivity index is 3.23. The van der Waals surface area contributed by atoms with Gasteiger partial charge < -0.3 is 25.5 Å². The van der Waals surface area contributed by atoms with Gasteiger partial charge in [-0.15, -0.1) is 0 Å². The van der Waals surface area contributed by atoms with Gasteiger partial charge in [0.25, 0.3) is 5.97 Å². The fraction of sp³-hybridized carbons (Fsp3) is 1.00. The Kier molecular flexibility index (Phi) is 7.90. The summed E-state index contributed by atoms with van der Waals surface area (Å²) in [6.07, 6.45) is 3.42. The third-order valence-electron chi connectivity index (χ3n) is 2.24. The zero-order chi connectivity index (χ0) is 11.7. The van der Waals surface area contributed by atoms with Gasteiger partial charge in [0.1, 0.15) is 0 Å². The molecule has 0 heterocycles. The summed E-state index contributed by atoms with van der Waals surface area (Å²) in [5.41, 5.74) is 0. The van der Waals surface area contributed by atoms with Crippen LogP contribution in [0.25, 0.3) is 0 Å². The van der Waals surface area contributed by atoms with Crippen LogP contribution < -0.4 is 0 Å². The first-order valence-corrected chi connectivity index (χ1v) is 5.42. The largest absolute Gasteiger partial charge is 0.396 e. The monoisotopic (exact) mass is 222 g/mol. The lowest BCUT2D eigenvalue weighted by Crippen LogP contribution is -2.26. The first-order valence-electron chi connectivity index (χ1n) is 5.42. The second kappa shape index (κ2) is 8.01. The molecule has 5 N–H and O–H groups in total. The molecule has 5 nitrogen and oxygen atoms in total. The van der Waals surface area contributed by atoms with Crippen molar-refractivity contribution in [3.05, 3.63) is 0 Å². The highest BCUT2D eigenvalue weighted by atomic mass is 16.7. The number of unbranched alkanes of at least 4 members (excludes halogenated alkanes) is 2. The molecule has 0 spiro atoms. The maximum absolute atomic E-state index is 9.38. The van der Waals surface area contributed by atoms with Crippen LogP contribution in [0.2, 0.25) is 0 Å². The third kappa shape index (κ3) is 11.7. The zero-order valence-corrected chi connectivity index (χ0v) is 8.97. The van der Waals surface area contributed by atoms with Gasteiger partial charge in [-0.2, -0.15) is 0 Å². The molecular weight excluding hydrogens is 200 g/mol. The molecule has 0 aromatic carbocycles. The van der Waals surface area contributed by atoms with Crippen molar-refractivity contribution in [3.8, 4) is 0 Å². The first-order chi connectivity index (χ1) is 6.95. The van der Waals surface area contributed by atoms with Gasteiger partial charge >= 0.3 is 0 Å². The van der Waals surface area contributed by atoms with E-state index in [9.17, 15) is 5.11 Å². The minimum atomic E-state index is -2.56. The van der Waals surface area contributed by atoms with E-state index < -0.39 is 5.97 Å². The van der Waals surface area contributed by atoms with Crippen LogP contribution in [0, 0.1) is 0 Å². The van der Waals surface area contributed by atoms with Crippen molar-refractivity contribution in [2.24, 2.45) is 0 Å². The summed E-state index contributed by atoms with van der Waals surface area (Å²) in [6, 6.07) is 0. The molecule has 0 aliphatic rings. The molecule has 0 aromatic rings.